The normalized spacial score (nSPS) is 22.7. The number of benzene rings is 2. The molecule has 1 aromatic heterocycles. The molecular weight excluding hydrogens is 521 g/mol. The quantitative estimate of drug-likeness (QED) is 0.239. The fourth-order valence-electron chi connectivity index (χ4n) is 5.11. The first-order valence-corrected chi connectivity index (χ1v) is 12.1. The fraction of sp³-hybridized carbons (Fsp3) is 0.333. The number of alkyl halides is 3. The van der Waals surface area contributed by atoms with Gasteiger partial charge in [0.05, 0.1) is 36.3 Å². The number of nitrogens with two attached hydrogens (primary N) is 1. The molecule has 0 bridgehead atoms. The molecule has 0 amide bonds. The Bertz CT molecular complexity index is 1470. The Morgan fingerprint density at radius 3 is 2.67 bits per heavy atom. The van der Waals surface area contributed by atoms with Gasteiger partial charge in [0, 0.05) is 30.2 Å². The van der Waals surface area contributed by atoms with E-state index in [0.717, 1.165) is 22.4 Å². The second-order valence-electron chi connectivity index (χ2n) is 9.87. The van der Waals surface area contributed by atoms with E-state index in [9.17, 15) is 22.0 Å². The summed E-state index contributed by atoms with van der Waals surface area (Å²) in [7, 11) is 0. The molecule has 2 atom stereocenters. The number of aromatic nitrogens is 2. The summed E-state index contributed by atoms with van der Waals surface area (Å²) in [5.41, 5.74) is 3.64. The lowest BCUT2D eigenvalue weighted by Crippen LogP contribution is -2.68. The number of hydrogen-bond donors (Lipinski definition) is 2. The van der Waals surface area contributed by atoms with Crippen LogP contribution in [0.2, 0.25) is 0 Å². The summed E-state index contributed by atoms with van der Waals surface area (Å²) < 4.78 is 83.4. The molecule has 1 saturated heterocycles. The van der Waals surface area contributed by atoms with Crippen molar-refractivity contribution in [3.8, 4) is 11.4 Å². The zero-order valence-electron chi connectivity index (χ0n) is 21.2. The fourth-order valence-corrected chi connectivity index (χ4v) is 5.11. The van der Waals surface area contributed by atoms with Crippen LogP contribution >= 0.6 is 0 Å². The minimum atomic E-state index is -4.70. The average Bonchev–Trinajstić information content (AvgIpc) is 3.47. The van der Waals surface area contributed by atoms with Gasteiger partial charge in [0.15, 0.2) is 17.2 Å². The number of aliphatic imine (C=N–C) groups is 1. The van der Waals surface area contributed by atoms with E-state index in [0.29, 0.717) is 30.4 Å². The summed E-state index contributed by atoms with van der Waals surface area (Å²) in [4.78, 5) is 4.17. The van der Waals surface area contributed by atoms with E-state index >= 15 is 0 Å². The van der Waals surface area contributed by atoms with E-state index in [2.05, 4.69) is 22.0 Å². The molecule has 206 valence electrons. The highest BCUT2D eigenvalue weighted by atomic mass is 19.4. The molecular formula is C27H26F5N5O2. The Hall–Kier alpha value is -3.93. The molecule has 2 aliphatic heterocycles. The van der Waals surface area contributed by atoms with Crippen LogP contribution in [-0.2, 0) is 16.8 Å². The highest BCUT2D eigenvalue weighted by Gasteiger charge is 2.68. The molecule has 12 heteroatoms. The van der Waals surface area contributed by atoms with Crippen molar-refractivity contribution in [2.24, 2.45) is 10.7 Å². The maximum Gasteiger partial charge on any atom is 0.419 e. The predicted molar refractivity (Wildman–Crippen MR) is 135 cm³/mol. The van der Waals surface area contributed by atoms with Crippen LogP contribution in [0.5, 0.6) is 5.75 Å². The number of para-hydroxylation sites is 1. The molecule has 5 rings (SSSR count). The number of halogens is 5. The van der Waals surface area contributed by atoms with Crippen molar-refractivity contribution in [1.29, 1.82) is 0 Å². The lowest BCUT2D eigenvalue weighted by atomic mass is 9.74. The van der Waals surface area contributed by atoms with Crippen LogP contribution in [0.15, 0.2) is 54.2 Å². The topological polar surface area (TPSA) is 86.7 Å². The third-order valence-electron chi connectivity index (χ3n) is 6.92. The Labute approximate surface area is 221 Å². The number of hydrogen-bond acceptors (Lipinski definition) is 5. The lowest BCUT2D eigenvalue weighted by molar-refractivity contribution is -0.382. The van der Waals surface area contributed by atoms with Gasteiger partial charge in [-0.1, -0.05) is 24.8 Å². The second-order valence-corrected chi connectivity index (χ2v) is 9.87. The summed E-state index contributed by atoms with van der Waals surface area (Å²) in [5.74, 6) is -1.03. The Morgan fingerprint density at radius 1 is 1.26 bits per heavy atom. The number of rotatable bonds is 7. The summed E-state index contributed by atoms with van der Waals surface area (Å²) in [6.45, 7) is 6.76. The number of amidine groups is 1. The second kappa shape index (κ2) is 9.37. The van der Waals surface area contributed by atoms with Crippen LogP contribution in [0.3, 0.4) is 0 Å². The monoisotopic (exact) mass is 547 g/mol. The first-order chi connectivity index (χ1) is 18.3. The van der Waals surface area contributed by atoms with Crippen molar-refractivity contribution in [1.82, 2.24) is 15.1 Å². The van der Waals surface area contributed by atoms with Gasteiger partial charge < -0.3 is 20.5 Å². The first kappa shape index (κ1) is 26.7. The highest BCUT2D eigenvalue weighted by molar-refractivity contribution is 5.83. The largest absolute Gasteiger partial charge is 0.493 e. The number of fused-ring (bicyclic) bond motifs is 1. The smallest absolute Gasteiger partial charge is 0.419 e. The van der Waals surface area contributed by atoms with Crippen molar-refractivity contribution in [2.75, 3.05) is 13.2 Å². The van der Waals surface area contributed by atoms with Crippen LogP contribution in [0.25, 0.3) is 11.4 Å². The zero-order valence-corrected chi connectivity index (χ0v) is 21.2. The van der Waals surface area contributed by atoms with Gasteiger partial charge in [-0.2, -0.15) is 18.3 Å². The summed E-state index contributed by atoms with van der Waals surface area (Å²) in [6, 6.07) is 8.28. The maximum absolute atomic E-state index is 14.5. The van der Waals surface area contributed by atoms with Crippen LogP contribution in [0.1, 0.15) is 37.0 Å². The van der Waals surface area contributed by atoms with E-state index in [4.69, 9.17) is 15.2 Å². The molecule has 2 aromatic carbocycles. The van der Waals surface area contributed by atoms with E-state index in [1.165, 1.54) is 13.1 Å². The van der Waals surface area contributed by atoms with Crippen molar-refractivity contribution < 1.29 is 31.4 Å². The molecule has 3 aromatic rings. The molecule has 0 saturated carbocycles. The summed E-state index contributed by atoms with van der Waals surface area (Å²) in [5, 5.41) is 6.80. The molecule has 3 heterocycles. The van der Waals surface area contributed by atoms with Crippen LogP contribution < -0.4 is 15.8 Å². The molecule has 0 radical (unpaired) electrons. The predicted octanol–water partition coefficient (Wildman–Crippen LogP) is 5.29. The molecule has 2 unspecified atom stereocenters. The minimum absolute atomic E-state index is 0.00966. The van der Waals surface area contributed by atoms with E-state index in [1.807, 2.05) is 6.07 Å². The van der Waals surface area contributed by atoms with Crippen LogP contribution in [0.4, 0.5) is 27.8 Å². The molecule has 0 aliphatic carbocycles. The third-order valence-corrected chi connectivity index (χ3v) is 6.92. The van der Waals surface area contributed by atoms with E-state index in [1.54, 1.807) is 19.1 Å². The van der Waals surface area contributed by atoms with Crippen LogP contribution in [0, 0.1) is 11.6 Å². The molecule has 3 N–H and O–H groups in total. The van der Waals surface area contributed by atoms with Crippen molar-refractivity contribution in [3.63, 3.8) is 0 Å². The maximum atomic E-state index is 14.5. The van der Waals surface area contributed by atoms with Gasteiger partial charge in [0.1, 0.15) is 17.3 Å². The van der Waals surface area contributed by atoms with Gasteiger partial charge in [-0.3, -0.25) is 0 Å². The zero-order chi connectivity index (χ0) is 28.2. The highest BCUT2D eigenvalue weighted by Crippen LogP contribution is 2.57. The van der Waals surface area contributed by atoms with Gasteiger partial charge in [0.25, 0.3) is 0 Å². The molecule has 0 spiro atoms. The third kappa shape index (κ3) is 4.62. The van der Waals surface area contributed by atoms with Crippen molar-refractivity contribution in [2.45, 2.75) is 44.1 Å². The number of ether oxygens (including phenoxy) is 2. The number of nitrogens with one attached hydrogen (secondary N) is 1. The molecule has 7 nitrogen and oxygen atoms in total. The Balaban J connectivity index is 1.40. The van der Waals surface area contributed by atoms with Gasteiger partial charge >= 0.3 is 6.18 Å². The summed E-state index contributed by atoms with van der Waals surface area (Å²) in [6.07, 6.45) is -3.10. The van der Waals surface area contributed by atoms with E-state index in [-0.39, 0.29) is 35.0 Å². The van der Waals surface area contributed by atoms with Crippen molar-refractivity contribution >= 4 is 17.4 Å². The SMILES string of the molecule is C=C(NCC1(C(F)(F)F)CC(C)(c2cccc3c2OCC3)O1)c1cnn(-c2ccc(F)cc2F)c1/N=C(/C)N. The van der Waals surface area contributed by atoms with Gasteiger partial charge in [0.2, 0.25) is 0 Å². The number of nitrogens with zero attached hydrogens (tertiary/aromatic N) is 3. The molecule has 1 fully saturated rings. The van der Waals surface area contributed by atoms with Crippen LogP contribution in [-0.4, -0.2) is 40.5 Å². The average molecular weight is 548 g/mol. The van der Waals surface area contributed by atoms with Gasteiger partial charge in [-0.25, -0.2) is 18.5 Å². The summed E-state index contributed by atoms with van der Waals surface area (Å²) >= 11 is 0. The molecule has 2 aliphatic rings. The Kier molecular flexibility index (Phi) is 6.41. The van der Waals surface area contributed by atoms with Gasteiger partial charge in [-0.15, -0.1) is 0 Å². The van der Waals surface area contributed by atoms with Gasteiger partial charge in [-0.05, 0) is 31.5 Å². The van der Waals surface area contributed by atoms with Crippen molar-refractivity contribution in [3.05, 3.63) is 77.5 Å². The first-order valence-electron chi connectivity index (χ1n) is 12.1. The Morgan fingerprint density at radius 2 is 2.00 bits per heavy atom. The van der Waals surface area contributed by atoms with E-state index < -0.39 is 35.6 Å². The minimum Gasteiger partial charge on any atom is -0.493 e. The standard InChI is InChI=1S/C27H26F5N5O2/c1-15(19-12-35-37(24(19)36-16(2)33)22-8-7-18(28)11-21(22)29)34-14-26(27(30,31)32)13-25(3,39-26)20-6-4-5-17-9-10-38-23(17)20/h4-8,11-12,34H,1,9-10,13-14H2,2-3H3,(H2,33,36). The lowest BCUT2D eigenvalue weighted by Gasteiger charge is -2.55. The molecule has 39 heavy (non-hydrogen) atoms.